The average Bonchev–Trinajstić information content (AvgIpc) is 3.47. The molecule has 1 aromatic carbocycles. The molecule has 0 saturated carbocycles. The van der Waals surface area contributed by atoms with Gasteiger partial charge in [0.1, 0.15) is 17.0 Å². The van der Waals surface area contributed by atoms with Crippen LogP contribution in [0.1, 0.15) is 23.3 Å². The van der Waals surface area contributed by atoms with Crippen LogP contribution in [-0.2, 0) is 17.8 Å². The van der Waals surface area contributed by atoms with E-state index in [1.165, 1.54) is 10.4 Å². The fourth-order valence-electron chi connectivity index (χ4n) is 5.09. The Labute approximate surface area is 206 Å². The number of anilines is 2. The van der Waals surface area contributed by atoms with Gasteiger partial charge in [0.05, 0.1) is 29.3 Å². The zero-order valence-electron chi connectivity index (χ0n) is 19.3. The first kappa shape index (κ1) is 21.8. The summed E-state index contributed by atoms with van der Waals surface area (Å²) >= 11 is 3.38. The molecule has 6 rings (SSSR count). The molecule has 0 atom stereocenters. The Morgan fingerprint density at radius 3 is 2.91 bits per heavy atom. The van der Waals surface area contributed by atoms with Gasteiger partial charge < -0.3 is 15.1 Å². The second kappa shape index (κ2) is 8.83. The maximum atomic E-state index is 13.2. The number of likely N-dealkylation sites (tertiary alicyclic amines) is 1. The summed E-state index contributed by atoms with van der Waals surface area (Å²) < 4.78 is 0. The van der Waals surface area contributed by atoms with Crippen molar-refractivity contribution < 1.29 is 4.79 Å². The number of hydrogen-bond acceptors (Lipinski definition) is 8. The fraction of sp³-hybridized carbons (Fsp3) is 0.417. The van der Waals surface area contributed by atoms with Gasteiger partial charge in [0.25, 0.3) is 0 Å². The normalized spacial score (nSPS) is 17.4. The van der Waals surface area contributed by atoms with Crippen LogP contribution in [0.25, 0.3) is 21.1 Å². The van der Waals surface area contributed by atoms with Crippen molar-refractivity contribution in [2.24, 2.45) is 5.92 Å². The molecule has 0 radical (unpaired) electrons. The first-order valence-corrected chi connectivity index (χ1v) is 13.7. The molecule has 0 aliphatic carbocycles. The SMILES string of the molecule is CSc1cc2[nH]ncc2cc1Nc1ncnc2sc3c(c12)CCN(C(=O)C1CCN(C)CC1)C3. The molecular formula is C24H27N7OS2. The monoisotopic (exact) mass is 493 g/mol. The quantitative estimate of drug-likeness (QED) is 0.411. The highest BCUT2D eigenvalue weighted by atomic mass is 32.2. The number of thioether (sulfide) groups is 1. The van der Waals surface area contributed by atoms with Crippen molar-refractivity contribution in [3.8, 4) is 0 Å². The summed E-state index contributed by atoms with van der Waals surface area (Å²) in [6, 6.07) is 4.22. The Balaban J connectivity index is 1.30. The van der Waals surface area contributed by atoms with Gasteiger partial charge in [-0.05, 0) is 63.4 Å². The van der Waals surface area contributed by atoms with Crippen LogP contribution < -0.4 is 5.32 Å². The van der Waals surface area contributed by atoms with E-state index in [-0.39, 0.29) is 5.92 Å². The predicted molar refractivity (Wildman–Crippen MR) is 138 cm³/mol. The third kappa shape index (κ3) is 3.83. The van der Waals surface area contributed by atoms with E-state index in [1.807, 2.05) is 6.20 Å². The molecule has 10 heteroatoms. The van der Waals surface area contributed by atoms with E-state index >= 15 is 0 Å². The number of nitrogens with zero attached hydrogens (tertiary/aromatic N) is 5. The number of carbonyl (C=O) groups excluding carboxylic acids is 1. The Morgan fingerprint density at radius 2 is 2.09 bits per heavy atom. The first-order chi connectivity index (χ1) is 16.6. The molecule has 0 unspecified atom stereocenters. The average molecular weight is 494 g/mol. The molecule has 0 spiro atoms. The van der Waals surface area contributed by atoms with Crippen LogP contribution in [0.5, 0.6) is 0 Å². The smallest absolute Gasteiger partial charge is 0.226 e. The largest absolute Gasteiger partial charge is 0.339 e. The number of thiophene rings is 1. The van der Waals surface area contributed by atoms with Crippen molar-refractivity contribution >= 4 is 61.6 Å². The topological polar surface area (TPSA) is 90.0 Å². The minimum absolute atomic E-state index is 0.159. The number of aromatic amines is 1. The van der Waals surface area contributed by atoms with E-state index in [4.69, 9.17) is 0 Å². The van der Waals surface area contributed by atoms with E-state index < -0.39 is 0 Å². The van der Waals surface area contributed by atoms with Crippen LogP contribution in [0, 0.1) is 5.92 Å². The number of aromatic nitrogens is 4. The third-order valence-corrected chi connectivity index (χ3v) is 8.93. The number of H-pyrrole nitrogens is 1. The van der Waals surface area contributed by atoms with Crippen molar-refractivity contribution in [3.63, 3.8) is 0 Å². The van der Waals surface area contributed by atoms with E-state index in [1.54, 1.807) is 29.4 Å². The molecule has 2 N–H and O–H groups in total. The van der Waals surface area contributed by atoms with Crippen LogP contribution in [0.2, 0.25) is 0 Å². The third-order valence-electron chi connectivity index (χ3n) is 7.03. The molecule has 34 heavy (non-hydrogen) atoms. The Morgan fingerprint density at radius 1 is 1.24 bits per heavy atom. The Bertz CT molecular complexity index is 1370. The number of rotatable bonds is 4. The van der Waals surface area contributed by atoms with Crippen LogP contribution >= 0.6 is 23.1 Å². The van der Waals surface area contributed by atoms with Crippen molar-refractivity contribution in [1.82, 2.24) is 30.0 Å². The Kier molecular flexibility index (Phi) is 5.66. The lowest BCUT2D eigenvalue weighted by molar-refractivity contribution is -0.137. The molecule has 8 nitrogen and oxygen atoms in total. The van der Waals surface area contributed by atoms with Crippen molar-refractivity contribution in [2.75, 3.05) is 38.3 Å². The molecule has 4 aromatic rings. The lowest BCUT2D eigenvalue weighted by Gasteiger charge is -2.34. The van der Waals surface area contributed by atoms with Crippen LogP contribution in [0.4, 0.5) is 11.5 Å². The predicted octanol–water partition coefficient (Wildman–Crippen LogP) is 4.26. The summed E-state index contributed by atoms with van der Waals surface area (Å²) in [6.07, 6.45) is 8.30. The highest BCUT2D eigenvalue weighted by molar-refractivity contribution is 7.98. The molecule has 1 saturated heterocycles. The van der Waals surface area contributed by atoms with Gasteiger partial charge in [0.15, 0.2) is 0 Å². The first-order valence-electron chi connectivity index (χ1n) is 11.6. The van der Waals surface area contributed by atoms with Crippen molar-refractivity contribution in [2.45, 2.75) is 30.7 Å². The number of carbonyl (C=O) groups is 1. The van der Waals surface area contributed by atoms with Crippen LogP contribution in [0.3, 0.4) is 0 Å². The maximum Gasteiger partial charge on any atom is 0.226 e. The standard InChI is InChI=1S/C24H27N7OS2/c1-30-6-3-14(4-7-30)24(32)31-8-5-16-20(12-31)34-23-21(16)22(25-13-26-23)28-18-9-15-11-27-29-17(15)10-19(18)33-2/h9-11,13-14H,3-8,12H2,1-2H3,(H,27,29)(H,25,26,28). The number of amides is 1. The van der Waals surface area contributed by atoms with E-state index in [0.29, 0.717) is 12.5 Å². The number of hydrogen-bond donors (Lipinski definition) is 2. The van der Waals surface area contributed by atoms with E-state index in [2.05, 4.69) is 60.7 Å². The molecule has 1 fully saturated rings. The number of nitrogens with one attached hydrogen (secondary N) is 2. The van der Waals surface area contributed by atoms with Gasteiger partial charge in [0.2, 0.25) is 5.91 Å². The maximum absolute atomic E-state index is 13.2. The second-order valence-electron chi connectivity index (χ2n) is 9.13. The zero-order chi connectivity index (χ0) is 23.2. The fourth-order valence-corrected chi connectivity index (χ4v) is 6.86. The Hall–Kier alpha value is -2.69. The molecule has 3 aromatic heterocycles. The number of fused-ring (bicyclic) bond motifs is 4. The summed E-state index contributed by atoms with van der Waals surface area (Å²) in [7, 11) is 2.13. The molecule has 5 heterocycles. The van der Waals surface area contributed by atoms with Gasteiger partial charge in [-0.15, -0.1) is 23.1 Å². The van der Waals surface area contributed by atoms with E-state index in [0.717, 1.165) is 76.4 Å². The molecule has 2 aliphatic rings. The van der Waals surface area contributed by atoms with E-state index in [9.17, 15) is 4.79 Å². The van der Waals surface area contributed by atoms with Gasteiger partial charge in [-0.3, -0.25) is 9.89 Å². The zero-order valence-corrected chi connectivity index (χ0v) is 20.9. The minimum atomic E-state index is 0.159. The summed E-state index contributed by atoms with van der Waals surface area (Å²) in [4.78, 5) is 30.1. The molecule has 1 amide bonds. The van der Waals surface area contributed by atoms with Gasteiger partial charge in [-0.1, -0.05) is 0 Å². The second-order valence-corrected chi connectivity index (χ2v) is 11.1. The number of benzene rings is 1. The lowest BCUT2D eigenvalue weighted by atomic mass is 9.94. The molecule has 0 bridgehead atoms. The van der Waals surface area contributed by atoms with Crippen molar-refractivity contribution in [3.05, 3.63) is 35.1 Å². The summed E-state index contributed by atoms with van der Waals surface area (Å²) in [5.41, 5.74) is 3.31. The van der Waals surface area contributed by atoms with Crippen molar-refractivity contribution in [1.29, 1.82) is 0 Å². The highest BCUT2D eigenvalue weighted by Gasteiger charge is 2.31. The minimum Gasteiger partial charge on any atom is -0.339 e. The highest BCUT2D eigenvalue weighted by Crippen LogP contribution is 2.40. The number of piperidine rings is 1. The van der Waals surface area contributed by atoms with Gasteiger partial charge in [-0.2, -0.15) is 5.10 Å². The summed E-state index contributed by atoms with van der Waals surface area (Å²) in [6.45, 7) is 3.45. The molecular weight excluding hydrogens is 466 g/mol. The molecule has 2 aliphatic heterocycles. The molecule has 176 valence electrons. The van der Waals surface area contributed by atoms with Crippen LogP contribution in [-0.4, -0.2) is 68.8 Å². The van der Waals surface area contributed by atoms with Gasteiger partial charge in [0, 0.05) is 27.6 Å². The lowest BCUT2D eigenvalue weighted by Crippen LogP contribution is -2.43. The van der Waals surface area contributed by atoms with Gasteiger partial charge >= 0.3 is 0 Å². The van der Waals surface area contributed by atoms with Crippen LogP contribution in [0.15, 0.2) is 29.6 Å². The summed E-state index contributed by atoms with van der Waals surface area (Å²) in [5, 5.41) is 12.9. The summed E-state index contributed by atoms with van der Waals surface area (Å²) in [5.74, 6) is 1.31. The van der Waals surface area contributed by atoms with Gasteiger partial charge in [-0.25, -0.2) is 9.97 Å².